The molecule has 1 heterocycles. The first-order valence-corrected chi connectivity index (χ1v) is 13.1. The quantitative estimate of drug-likeness (QED) is 0.232. The van der Waals surface area contributed by atoms with E-state index in [-0.39, 0.29) is 36.4 Å². The third-order valence-electron chi connectivity index (χ3n) is 6.50. The number of rotatable bonds is 8. The molecular weight excluding hydrogens is 575 g/mol. The predicted octanol–water partition coefficient (Wildman–Crippen LogP) is 6.36. The highest BCUT2D eigenvalue weighted by Gasteiger charge is 2.28. The van der Waals surface area contributed by atoms with E-state index in [1.54, 1.807) is 30.3 Å². The fraction of sp³-hybridized carbons (Fsp3) is 0.300. The molecule has 4 bridgehead atoms. The van der Waals surface area contributed by atoms with Gasteiger partial charge in [-0.3, -0.25) is 9.59 Å². The summed E-state index contributed by atoms with van der Waals surface area (Å²) in [6, 6.07) is 12.0. The Balaban J connectivity index is 1.78. The summed E-state index contributed by atoms with van der Waals surface area (Å²) >= 11 is 0. The molecule has 8 nitrogen and oxygen atoms in total. The highest BCUT2D eigenvalue weighted by atomic mass is 19.3. The van der Waals surface area contributed by atoms with Gasteiger partial charge in [-0.2, -0.15) is 0 Å². The lowest BCUT2D eigenvalue weighted by Crippen LogP contribution is -2.35. The molecule has 0 radical (unpaired) electrons. The van der Waals surface area contributed by atoms with Gasteiger partial charge in [0.25, 0.3) is 12.9 Å². The van der Waals surface area contributed by atoms with Gasteiger partial charge in [-0.25, -0.2) is 26.8 Å². The van der Waals surface area contributed by atoms with E-state index >= 15 is 4.39 Å². The molecule has 2 amide bonds. The Morgan fingerprint density at radius 1 is 0.977 bits per heavy atom. The Morgan fingerprint density at radius 3 is 2.35 bits per heavy atom. The second kappa shape index (κ2) is 13.9. The topological polar surface area (TPSA) is 84.3 Å². The number of carbonyl (C=O) groups is 2. The summed E-state index contributed by atoms with van der Waals surface area (Å²) in [5.74, 6) is -2.43. The summed E-state index contributed by atoms with van der Waals surface area (Å²) in [6.07, 6.45) is -5.75. The second-order valence-electron chi connectivity index (χ2n) is 9.70. The van der Waals surface area contributed by atoms with E-state index in [2.05, 4.69) is 15.5 Å². The first-order chi connectivity index (χ1) is 20.5. The maximum atomic E-state index is 15.1. The number of anilines is 2. The van der Waals surface area contributed by atoms with E-state index in [0.717, 1.165) is 6.07 Å². The molecular formula is C30H27F5N4O4. The largest absolute Gasteiger partial charge is 0.487 e. The van der Waals surface area contributed by atoms with E-state index in [1.807, 2.05) is 0 Å². The van der Waals surface area contributed by atoms with Gasteiger partial charge in [0.1, 0.15) is 25.0 Å². The zero-order valence-corrected chi connectivity index (χ0v) is 22.9. The zero-order chi connectivity index (χ0) is 31.1. The summed E-state index contributed by atoms with van der Waals surface area (Å²) in [5.41, 5.74) is 1.70. The molecule has 226 valence electrons. The molecule has 1 aliphatic rings. The minimum Gasteiger partial charge on any atom is -0.487 e. The minimum atomic E-state index is -2.88. The molecule has 0 saturated carbocycles. The van der Waals surface area contributed by atoms with E-state index in [1.165, 1.54) is 30.1 Å². The maximum absolute atomic E-state index is 15.1. The number of benzene rings is 3. The number of nitrogens with one attached hydrogen (secondary N) is 2. The summed E-state index contributed by atoms with van der Waals surface area (Å²) in [7, 11) is 1.42. The van der Waals surface area contributed by atoms with Crippen LogP contribution >= 0.6 is 0 Å². The van der Waals surface area contributed by atoms with Crippen LogP contribution in [0.25, 0.3) is 4.85 Å². The van der Waals surface area contributed by atoms with Crippen molar-refractivity contribution in [3.8, 4) is 11.5 Å². The Kier molecular flexibility index (Phi) is 10.0. The van der Waals surface area contributed by atoms with Crippen molar-refractivity contribution < 1.29 is 41.0 Å². The first kappa shape index (κ1) is 31.1. The van der Waals surface area contributed by atoms with Gasteiger partial charge in [0, 0.05) is 43.0 Å². The Hall–Kier alpha value is -4.86. The third-order valence-corrected chi connectivity index (χ3v) is 6.50. The average Bonchev–Trinajstić information content (AvgIpc) is 2.96. The Morgan fingerprint density at radius 2 is 1.67 bits per heavy atom. The fourth-order valence-corrected chi connectivity index (χ4v) is 4.53. The number of hydrogen-bond acceptors (Lipinski definition) is 5. The van der Waals surface area contributed by atoms with Crippen molar-refractivity contribution in [1.29, 1.82) is 0 Å². The van der Waals surface area contributed by atoms with Crippen LogP contribution < -0.4 is 20.1 Å². The highest BCUT2D eigenvalue weighted by Crippen LogP contribution is 2.33. The number of nitrogens with zero attached hydrogens (tertiary/aromatic N) is 2. The lowest BCUT2D eigenvalue weighted by atomic mass is 9.98. The zero-order valence-electron chi connectivity index (χ0n) is 22.9. The van der Waals surface area contributed by atoms with Gasteiger partial charge >= 0.3 is 0 Å². The minimum absolute atomic E-state index is 0.0114. The van der Waals surface area contributed by atoms with Gasteiger partial charge in [0.2, 0.25) is 11.8 Å². The normalized spacial score (nSPS) is 15.5. The van der Waals surface area contributed by atoms with Gasteiger partial charge < -0.3 is 25.0 Å². The van der Waals surface area contributed by atoms with Crippen molar-refractivity contribution >= 4 is 28.9 Å². The van der Waals surface area contributed by atoms with E-state index in [0.29, 0.717) is 22.5 Å². The molecule has 0 saturated heterocycles. The van der Waals surface area contributed by atoms with Crippen molar-refractivity contribution in [3.05, 3.63) is 88.5 Å². The number of fused-ring (bicyclic) bond motifs is 4. The first-order valence-electron chi connectivity index (χ1n) is 13.1. The summed E-state index contributed by atoms with van der Waals surface area (Å²) in [5, 5.41) is 5.66. The van der Waals surface area contributed by atoms with Crippen LogP contribution in [0.15, 0.2) is 54.6 Å². The SMILES string of the molecule is [C-]#[N+]c1ccc(NC2C(=O)N(C)Cc3cc(cc(F)c3OCC(F)F)NC(=O)CCc3cc2ccc3OCC(F)F)cc1. The smallest absolute Gasteiger partial charge is 0.272 e. The number of likely N-dealkylation sites (N-methyl/N-ethyl adjacent to an activating group) is 1. The molecule has 1 aliphatic heterocycles. The van der Waals surface area contributed by atoms with E-state index < -0.39 is 55.5 Å². The molecule has 1 atom stereocenters. The van der Waals surface area contributed by atoms with Crippen LogP contribution in [0.4, 0.5) is 39.0 Å². The maximum Gasteiger partial charge on any atom is 0.272 e. The lowest BCUT2D eigenvalue weighted by molar-refractivity contribution is -0.131. The monoisotopic (exact) mass is 602 g/mol. The number of carbonyl (C=O) groups excluding carboxylic acids is 2. The predicted molar refractivity (Wildman–Crippen MR) is 148 cm³/mol. The van der Waals surface area contributed by atoms with Crippen LogP contribution in [-0.4, -0.2) is 49.8 Å². The molecule has 3 aromatic rings. The third kappa shape index (κ3) is 8.12. The molecule has 2 N–H and O–H groups in total. The number of halogens is 5. The summed E-state index contributed by atoms with van der Waals surface area (Å²) in [6.45, 7) is 4.92. The fourth-order valence-electron chi connectivity index (χ4n) is 4.53. The molecule has 43 heavy (non-hydrogen) atoms. The molecule has 13 heteroatoms. The number of aryl methyl sites for hydroxylation is 1. The number of hydrogen-bond donors (Lipinski definition) is 2. The van der Waals surface area contributed by atoms with Gasteiger partial charge in [-0.05, 0) is 47.9 Å². The van der Waals surface area contributed by atoms with Crippen LogP contribution in [-0.2, 0) is 22.6 Å². The molecule has 3 aromatic carbocycles. The van der Waals surface area contributed by atoms with Crippen molar-refractivity contribution in [3.63, 3.8) is 0 Å². The molecule has 0 fully saturated rings. The van der Waals surface area contributed by atoms with Gasteiger partial charge in [-0.15, -0.1) is 0 Å². The van der Waals surface area contributed by atoms with Crippen LogP contribution in [0, 0.1) is 12.4 Å². The van der Waals surface area contributed by atoms with Crippen molar-refractivity contribution in [2.75, 3.05) is 30.9 Å². The van der Waals surface area contributed by atoms with Gasteiger partial charge in [0.05, 0.1) is 6.57 Å². The second-order valence-corrected chi connectivity index (χ2v) is 9.70. The van der Waals surface area contributed by atoms with Crippen molar-refractivity contribution in [1.82, 2.24) is 4.90 Å². The Bertz CT molecular complexity index is 1510. The molecule has 0 aliphatic carbocycles. The Labute approximate surface area is 244 Å². The summed E-state index contributed by atoms with van der Waals surface area (Å²) < 4.78 is 77.0. The molecule has 4 rings (SSSR count). The lowest BCUT2D eigenvalue weighted by Gasteiger charge is -2.28. The van der Waals surface area contributed by atoms with E-state index in [4.69, 9.17) is 16.0 Å². The molecule has 0 aromatic heterocycles. The summed E-state index contributed by atoms with van der Waals surface area (Å²) in [4.78, 5) is 31.3. The number of amides is 2. The average molecular weight is 603 g/mol. The van der Waals surface area contributed by atoms with E-state index in [9.17, 15) is 27.2 Å². The van der Waals surface area contributed by atoms with Gasteiger partial charge in [0.15, 0.2) is 17.3 Å². The van der Waals surface area contributed by atoms with Crippen LogP contribution in [0.3, 0.4) is 0 Å². The highest BCUT2D eigenvalue weighted by molar-refractivity contribution is 5.91. The standard InChI is InChI=1S/C30H27F5N4O4/c1-36-20-5-7-21(8-6-20)38-28-18-3-9-24(42-15-25(32)33)17(11-18)4-10-27(40)37-22-12-19(14-39(2)30(28)41)29(23(31)13-22)43-16-26(34)35/h3,5-9,11-13,25-26,28,38H,4,10,14-16H2,2H3,(H,37,40). The molecule has 0 spiro atoms. The molecule has 1 unspecified atom stereocenters. The van der Waals surface area contributed by atoms with Crippen molar-refractivity contribution in [2.24, 2.45) is 0 Å². The van der Waals surface area contributed by atoms with Crippen LogP contribution in [0.1, 0.15) is 29.2 Å². The van der Waals surface area contributed by atoms with Crippen LogP contribution in [0.2, 0.25) is 0 Å². The van der Waals surface area contributed by atoms with Crippen molar-refractivity contribution in [2.45, 2.75) is 38.3 Å². The number of alkyl halides is 4. The van der Waals surface area contributed by atoms with Gasteiger partial charge in [-0.1, -0.05) is 18.2 Å². The number of ether oxygens (including phenoxy) is 2. The van der Waals surface area contributed by atoms with Crippen LogP contribution in [0.5, 0.6) is 11.5 Å².